The number of aliphatic carboxylic acids is 1. The van der Waals surface area contributed by atoms with Crippen LogP contribution in [0.25, 0.3) is 0 Å². The lowest BCUT2D eigenvalue weighted by Gasteiger charge is -2.27. The molecule has 1 saturated carbocycles. The van der Waals surface area contributed by atoms with Crippen LogP contribution in [0.15, 0.2) is 24.3 Å². The van der Waals surface area contributed by atoms with Gasteiger partial charge in [-0.15, -0.1) is 0 Å². The molecule has 1 fully saturated rings. The van der Waals surface area contributed by atoms with E-state index >= 15 is 0 Å². The van der Waals surface area contributed by atoms with Crippen LogP contribution in [0.4, 0.5) is 18.0 Å². The predicted molar refractivity (Wildman–Crippen MR) is 89.7 cm³/mol. The predicted octanol–water partition coefficient (Wildman–Crippen LogP) is 3.58. The summed E-state index contributed by atoms with van der Waals surface area (Å²) in [6, 6.07) is 4.23. The van der Waals surface area contributed by atoms with E-state index in [1.165, 1.54) is 12.1 Å². The molecule has 1 aromatic rings. The van der Waals surface area contributed by atoms with E-state index in [9.17, 15) is 22.8 Å². The minimum Gasteiger partial charge on any atom is -0.481 e. The number of alkyl halides is 3. The molecule has 8 heteroatoms. The molecule has 0 spiro atoms. The monoisotopic (exact) mass is 372 g/mol. The number of urea groups is 1. The van der Waals surface area contributed by atoms with E-state index < -0.39 is 17.7 Å². The molecule has 1 atom stereocenters. The number of carboxylic acid groups (broad SMARTS) is 1. The van der Waals surface area contributed by atoms with Crippen LogP contribution < -0.4 is 10.6 Å². The first kappa shape index (κ1) is 20.1. The third-order valence-electron chi connectivity index (χ3n) is 4.61. The quantitative estimate of drug-likeness (QED) is 0.739. The first-order chi connectivity index (χ1) is 12.1. The topological polar surface area (TPSA) is 78.4 Å². The molecule has 0 bridgehead atoms. The Morgan fingerprint density at radius 3 is 2.23 bits per heavy atom. The van der Waals surface area contributed by atoms with Crippen molar-refractivity contribution in [2.24, 2.45) is 5.92 Å². The summed E-state index contributed by atoms with van der Waals surface area (Å²) < 4.78 is 37.6. The van der Waals surface area contributed by atoms with Gasteiger partial charge in [0.15, 0.2) is 0 Å². The van der Waals surface area contributed by atoms with Crippen molar-refractivity contribution in [1.82, 2.24) is 10.6 Å². The lowest BCUT2D eigenvalue weighted by molar-refractivity contribution is -0.143. The summed E-state index contributed by atoms with van der Waals surface area (Å²) in [4.78, 5) is 22.9. The maximum absolute atomic E-state index is 12.5. The zero-order chi connectivity index (χ0) is 19.3. The molecule has 1 aromatic carbocycles. The highest BCUT2D eigenvalue weighted by Crippen LogP contribution is 2.29. The molecular formula is C18H23F3N2O3. The minimum atomic E-state index is -4.36. The summed E-state index contributed by atoms with van der Waals surface area (Å²) in [5.74, 6) is -1.13. The van der Waals surface area contributed by atoms with Gasteiger partial charge in [0.2, 0.25) is 0 Å². The summed E-state index contributed by atoms with van der Waals surface area (Å²) >= 11 is 0. The first-order valence-electron chi connectivity index (χ1n) is 8.61. The van der Waals surface area contributed by atoms with Crippen molar-refractivity contribution < 1.29 is 27.9 Å². The Morgan fingerprint density at radius 1 is 1.15 bits per heavy atom. The van der Waals surface area contributed by atoms with Gasteiger partial charge < -0.3 is 15.7 Å². The molecule has 0 aliphatic heterocycles. The maximum Gasteiger partial charge on any atom is 0.416 e. The van der Waals surface area contributed by atoms with Crippen LogP contribution in [-0.2, 0) is 17.4 Å². The lowest BCUT2D eigenvalue weighted by atomic mass is 9.86. The average Bonchev–Trinajstić information content (AvgIpc) is 2.54. The molecule has 0 heterocycles. The maximum atomic E-state index is 12.5. The van der Waals surface area contributed by atoms with Gasteiger partial charge in [0, 0.05) is 12.1 Å². The second-order valence-electron chi connectivity index (χ2n) is 6.80. The molecule has 1 aliphatic rings. The Hall–Kier alpha value is -2.25. The Labute approximate surface area is 150 Å². The molecule has 2 amide bonds. The van der Waals surface area contributed by atoms with E-state index in [-0.39, 0.29) is 24.0 Å². The molecule has 0 radical (unpaired) electrons. The number of amides is 2. The molecule has 5 nitrogen and oxygen atoms in total. The minimum absolute atomic E-state index is 0.0520. The number of carboxylic acids is 1. The van der Waals surface area contributed by atoms with E-state index in [2.05, 4.69) is 10.6 Å². The van der Waals surface area contributed by atoms with Crippen molar-refractivity contribution in [3.05, 3.63) is 35.4 Å². The van der Waals surface area contributed by atoms with Crippen molar-refractivity contribution in [3.8, 4) is 0 Å². The highest BCUT2D eigenvalue weighted by atomic mass is 19.4. The summed E-state index contributed by atoms with van der Waals surface area (Å²) in [5, 5.41) is 14.6. The Balaban J connectivity index is 1.76. The normalized spacial score (nSPS) is 21.7. The average molecular weight is 372 g/mol. The zero-order valence-corrected chi connectivity index (χ0v) is 14.5. The van der Waals surface area contributed by atoms with Crippen LogP contribution in [0, 0.1) is 5.92 Å². The van der Waals surface area contributed by atoms with Crippen LogP contribution in [0.5, 0.6) is 0 Å². The van der Waals surface area contributed by atoms with Gasteiger partial charge in [0.25, 0.3) is 0 Å². The van der Waals surface area contributed by atoms with Crippen LogP contribution in [0.3, 0.4) is 0 Å². The van der Waals surface area contributed by atoms with Gasteiger partial charge in [-0.3, -0.25) is 4.79 Å². The molecule has 26 heavy (non-hydrogen) atoms. The van der Waals surface area contributed by atoms with Crippen LogP contribution in [0.2, 0.25) is 0 Å². The Bertz CT molecular complexity index is 624. The van der Waals surface area contributed by atoms with Crippen molar-refractivity contribution in [2.45, 2.75) is 57.3 Å². The second kappa shape index (κ2) is 8.42. The van der Waals surface area contributed by atoms with Crippen molar-refractivity contribution >= 4 is 12.0 Å². The second-order valence-corrected chi connectivity index (χ2v) is 6.80. The molecule has 3 N–H and O–H groups in total. The smallest absolute Gasteiger partial charge is 0.416 e. The zero-order valence-electron chi connectivity index (χ0n) is 14.5. The number of nitrogens with one attached hydrogen (secondary N) is 2. The highest BCUT2D eigenvalue weighted by Gasteiger charge is 2.30. The number of rotatable bonds is 5. The fourth-order valence-electron chi connectivity index (χ4n) is 3.17. The number of hydrogen-bond acceptors (Lipinski definition) is 2. The van der Waals surface area contributed by atoms with Gasteiger partial charge in [-0.25, -0.2) is 4.79 Å². The van der Waals surface area contributed by atoms with Gasteiger partial charge in [0.1, 0.15) is 0 Å². The summed E-state index contributed by atoms with van der Waals surface area (Å²) in [5.41, 5.74) is 0.00401. The molecule has 144 valence electrons. The Morgan fingerprint density at radius 2 is 1.73 bits per heavy atom. The van der Waals surface area contributed by atoms with Crippen LogP contribution in [-0.4, -0.2) is 29.2 Å². The van der Waals surface area contributed by atoms with Gasteiger partial charge in [0.05, 0.1) is 11.5 Å². The summed E-state index contributed by atoms with van der Waals surface area (Å²) in [6.45, 7) is 1.78. The van der Waals surface area contributed by atoms with Gasteiger partial charge >= 0.3 is 18.2 Å². The summed E-state index contributed by atoms with van der Waals surface area (Å²) in [6.07, 6.45) is -1.61. The van der Waals surface area contributed by atoms with Crippen molar-refractivity contribution in [2.75, 3.05) is 0 Å². The van der Waals surface area contributed by atoms with E-state index in [4.69, 9.17) is 5.11 Å². The number of carbonyl (C=O) groups is 2. The van der Waals surface area contributed by atoms with Gasteiger partial charge in [-0.2, -0.15) is 13.2 Å². The molecule has 1 unspecified atom stereocenters. The molecular weight excluding hydrogens is 349 g/mol. The first-order valence-corrected chi connectivity index (χ1v) is 8.61. The number of hydrogen-bond donors (Lipinski definition) is 3. The number of halogens is 3. The van der Waals surface area contributed by atoms with Crippen molar-refractivity contribution in [1.29, 1.82) is 0 Å². The number of carbonyl (C=O) groups excluding carboxylic acids is 1. The SMILES string of the molecule is CC(Cc1ccc(C(F)(F)F)cc1)NC(=O)NC1CCC(C(=O)O)CC1. The lowest BCUT2D eigenvalue weighted by Crippen LogP contribution is -2.47. The van der Waals surface area contributed by atoms with E-state index in [0.29, 0.717) is 37.7 Å². The third-order valence-corrected chi connectivity index (χ3v) is 4.61. The molecule has 1 aliphatic carbocycles. The van der Waals surface area contributed by atoms with Gasteiger partial charge in [-0.1, -0.05) is 12.1 Å². The third kappa shape index (κ3) is 5.93. The molecule has 0 saturated heterocycles. The molecule has 2 rings (SSSR count). The van der Waals surface area contributed by atoms with Crippen LogP contribution >= 0.6 is 0 Å². The van der Waals surface area contributed by atoms with Crippen LogP contribution in [0.1, 0.15) is 43.7 Å². The highest BCUT2D eigenvalue weighted by molar-refractivity contribution is 5.74. The van der Waals surface area contributed by atoms with E-state index in [1.54, 1.807) is 6.92 Å². The fourth-order valence-corrected chi connectivity index (χ4v) is 3.17. The summed E-state index contributed by atoms with van der Waals surface area (Å²) in [7, 11) is 0. The fraction of sp³-hybridized carbons (Fsp3) is 0.556. The van der Waals surface area contributed by atoms with E-state index in [1.807, 2.05) is 0 Å². The van der Waals surface area contributed by atoms with Crippen molar-refractivity contribution in [3.63, 3.8) is 0 Å². The Kier molecular flexibility index (Phi) is 6.50. The molecule has 0 aromatic heterocycles. The standard InChI is InChI=1S/C18H23F3N2O3/c1-11(10-12-2-6-14(7-3-12)18(19,20)21)22-17(26)23-15-8-4-13(5-9-15)16(24)25/h2-3,6-7,11,13,15H,4-5,8-10H2,1H3,(H,24,25)(H2,22,23,26). The van der Waals surface area contributed by atoms with Gasteiger partial charge in [-0.05, 0) is 56.7 Å². The largest absolute Gasteiger partial charge is 0.481 e. The number of benzene rings is 1. The van der Waals surface area contributed by atoms with E-state index in [0.717, 1.165) is 12.1 Å².